The Morgan fingerprint density at radius 3 is 2.56 bits per heavy atom. The molecule has 0 radical (unpaired) electrons. The van der Waals surface area contributed by atoms with Gasteiger partial charge in [0.2, 0.25) is 0 Å². The molecule has 1 spiro atoms. The van der Waals surface area contributed by atoms with Crippen LogP contribution in [0.4, 0.5) is 0 Å². The summed E-state index contributed by atoms with van der Waals surface area (Å²) in [5, 5.41) is 7.26. The Morgan fingerprint density at radius 2 is 2.11 bits per heavy atom. The number of ether oxygens (including phenoxy) is 1. The second-order valence-electron chi connectivity index (χ2n) is 3.20. The van der Waals surface area contributed by atoms with Gasteiger partial charge in [-0.25, -0.2) is 0 Å². The van der Waals surface area contributed by atoms with E-state index in [-0.39, 0.29) is 0 Å². The van der Waals surface area contributed by atoms with E-state index in [1.165, 1.54) is 19.3 Å². The van der Waals surface area contributed by atoms with E-state index >= 15 is 0 Å². The number of hydrogen-bond acceptors (Lipinski definition) is 2. The molecule has 1 aliphatic carbocycles. The van der Waals surface area contributed by atoms with Gasteiger partial charge in [0.25, 0.3) is 0 Å². The standard InChI is InChI=1S/C7H11NO/c8-6-5-7(1-2-7)3-4-9-6/h8H,1-5H2. The molecule has 0 atom stereocenters. The molecule has 2 nitrogen and oxygen atoms in total. The first kappa shape index (κ1) is 5.27. The van der Waals surface area contributed by atoms with Gasteiger partial charge in [-0.05, 0) is 24.7 Å². The van der Waals surface area contributed by atoms with Crippen LogP contribution in [0, 0.1) is 10.8 Å². The summed E-state index contributed by atoms with van der Waals surface area (Å²) in [6, 6.07) is 0. The monoisotopic (exact) mass is 125 g/mol. The van der Waals surface area contributed by atoms with Crippen LogP contribution >= 0.6 is 0 Å². The lowest BCUT2D eigenvalue weighted by Crippen LogP contribution is -2.20. The minimum Gasteiger partial charge on any atom is -0.481 e. The Morgan fingerprint density at radius 1 is 1.33 bits per heavy atom. The maximum absolute atomic E-state index is 7.26. The van der Waals surface area contributed by atoms with E-state index in [4.69, 9.17) is 10.1 Å². The first-order chi connectivity index (χ1) is 4.31. The predicted molar refractivity (Wildman–Crippen MR) is 34.6 cm³/mol. The van der Waals surface area contributed by atoms with E-state index in [0.29, 0.717) is 11.3 Å². The van der Waals surface area contributed by atoms with Crippen molar-refractivity contribution in [2.45, 2.75) is 25.7 Å². The minimum absolute atomic E-state index is 0.513. The van der Waals surface area contributed by atoms with Gasteiger partial charge >= 0.3 is 0 Å². The molecule has 0 aromatic carbocycles. The molecule has 1 N–H and O–H groups in total. The Balaban J connectivity index is 2.04. The Bertz CT molecular complexity index is 149. The van der Waals surface area contributed by atoms with Crippen LogP contribution in [-0.2, 0) is 4.74 Å². The van der Waals surface area contributed by atoms with Crippen molar-refractivity contribution >= 4 is 5.90 Å². The number of rotatable bonds is 0. The van der Waals surface area contributed by atoms with Gasteiger partial charge in [-0.1, -0.05) is 0 Å². The summed E-state index contributed by atoms with van der Waals surface area (Å²) in [6.07, 6.45) is 4.76. The Kier molecular flexibility index (Phi) is 0.875. The van der Waals surface area contributed by atoms with Crippen molar-refractivity contribution in [1.82, 2.24) is 0 Å². The van der Waals surface area contributed by atoms with Crippen LogP contribution in [-0.4, -0.2) is 12.5 Å². The zero-order chi connectivity index (χ0) is 6.32. The molecule has 0 aromatic heterocycles. The highest BCUT2D eigenvalue weighted by Crippen LogP contribution is 2.53. The molecule has 2 rings (SSSR count). The zero-order valence-corrected chi connectivity index (χ0v) is 5.44. The molecule has 2 heteroatoms. The van der Waals surface area contributed by atoms with E-state index in [0.717, 1.165) is 13.0 Å². The topological polar surface area (TPSA) is 33.1 Å². The van der Waals surface area contributed by atoms with Crippen LogP contribution < -0.4 is 0 Å². The van der Waals surface area contributed by atoms with Gasteiger partial charge in [0.05, 0.1) is 6.61 Å². The van der Waals surface area contributed by atoms with E-state index in [1.807, 2.05) is 0 Å². The molecule has 1 heterocycles. The highest BCUT2D eigenvalue weighted by atomic mass is 16.5. The van der Waals surface area contributed by atoms with Gasteiger partial charge in [0.1, 0.15) is 0 Å². The van der Waals surface area contributed by atoms with Crippen LogP contribution in [0.3, 0.4) is 0 Å². The lowest BCUT2D eigenvalue weighted by molar-refractivity contribution is 0.206. The first-order valence-corrected chi connectivity index (χ1v) is 3.51. The largest absolute Gasteiger partial charge is 0.481 e. The average Bonchev–Trinajstić information content (AvgIpc) is 2.49. The fourth-order valence-electron chi connectivity index (χ4n) is 1.47. The highest BCUT2D eigenvalue weighted by Gasteiger charge is 2.45. The van der Waals surface area contributed by atoms with Crippen molar-refractivity contribution in [1.29, 1.82) is 5.41 Å². The summed E-state index contributed by atoms with van der Waals surface area (Å²) in [6.45, 7) is 0.791. The maximum atomic E-state index is 7.26. The summed E-state index contributed by atoms with van der Waals surface area (Å²) in [4.78, 5) is 0. The van der Waals surface area contributed by atoms with E-state index in [1.54, 1.807) is 0 Å². The summed E-state index contributed by atoms with van der Waals surface area (Å²) in [5.74, 6) is 0.513. The van der Waals surface area contributed by atoms with Crippen LogP contribution in [0.25, 0.3) is 0 Å². The van der Waals surface area contributed by atoms with Gasteiger partial charge in [-0.15, -0.1) is 0 Å². The van der Waals surface area contributed by atoms with Crippen LogP contribution in [0.2, 0.25) is 0 Å². The molecule has 9 heavy (non-hydrogen) atoms. The molecule has 1 saturated heterocycles. The fourth-order valence-corrected chi connectivity index (χ4v) is 1.47. The van der Waals surface area contributed by atoms with Gasteiger partial charge in [-0.2, -0.15) is 0 Å². The molecule has 50 valence electrons. The van der Waals surface area contributed by atoms with E-state index in [2.05, 4.69) is 0 Å². The predicted octanol–water partition coefficient (Wildman–Crippen LogP) is 1.55. The van der Waals surface area contributed by atoms with Crippen molar-refractivity contribution in [3.63, 3.8) is 0 Å². The molecule has 1 saturated carbocycles. The third kappa shape index (κ3) is 0.824. The molecule has 2 fully saturated rings. The smallest absolute Gasteiger partial charge is 0.180 e. The summed E-state index contributed by atoms with van der Waals surface area (Å²) < 4.78 is 5.04. The summed E-state index contributed by atoms with van der Waals surface area (Å²) >= 11 is 0. The second-order valence-corrected chi connectivity index (χ2v) is 3.20. The van der Waals surface area contributed by atoms with Crippen LogP contribution in [0.5, 0.6) is 0 Å². The Hall–Kier alpha value is -0.530. The normalized spacial score (nSPS) is 30.0. The Labute approximate surface area is 54.7 Å². The van der Waals surface area contributed by atoms with Crippen molar-refractivity contribution in [3.8, 4) is 0 Å². The van der Waals surface area contributed by atoms with Gasteiger partial charge < -0.3 is 4.74 Å². The maximum Gasteiger partial charge on any atom is 0.180 e. The van der Waals surface area contributed by atoms with E-state index in [9.17, 15) is 0 Å². The number of hydrogen-bond donors (Lipinski definition) is 1. The van der Waals surface area contributed by atoms with Crippen molar-refractivity contribution in [2.75, 3.05) is 6.61 Å². The molecule has 0 aromatic rings. The SMILES string of the molecule is N=C1CC2(CCO1)CC2. The fraction of sp³-hybridized carbons (Fsp3) is 0.857. The van der Waals surface area contributed by atoms with Crippen LogP contribution in [0.15, 0.2) is 0 Å². The minimum atomic E-state index is 0.513. The molecule has 1 aliphatic heterocycles. The summed E-state index contributed by atoms with van der Waals surface area (Å²) in [5.41, 5.74) is 0.551. The molecule has 0 bridgehead atoms. The summed E-state index contributed by atoms with van der Waals surface area (Å²) in [7, 11) is 0. The first-order valence-electron chi connectivity index (χ1n) is 3.51. The van der Waals surface area contributed by atoms with E-state index < -0.39 is 0 Å². The lowest BCUT2D eigenvalue weighted by atomic mass is 9.97. The molecular weight excluding hydrogens is 114 g/mol. The van der Waals surface area contributed by atoms with Crippen molar-refractivity contribution < 1.29 is 4.74 Å². The molecule has 0 unspecified atom stereocenters. The van der Waals surface area contributed by atoms with Gasteiger partial charge in [-0.3, -0.25) is 5.41 Å². The van der Waals surface area contributed by atoms with Crippen LogP contribution in [0.1, 0.15) is 25.7 Å². The average molecular weight is 125 g/mol. The number of nitrogens with one attached hydrogen (secondary N) is 1. The third-order valence-electron chi connectivity index (χ3n) is 2.40. The molecule has 2 aliphatic rings. The second kappa shape index (κ2) is 1.49. The van der Waals surface area contributed by atoms with Crippen molar-refractivity contribution in [2.24, 2.45) is 5.41 Å². The van der Waals surface area contributed by atoms with Gasteiger partial charge in [0.15, 0.2) is 5.90 Å². The molecule has 0 amide bonds. The molecular formula is C7H11NO. The quantitative estimate of drug-likeness (QED) is 0.523. The van der Waals surface area contributed by atoms with Crippen molar-refractivity contribution in [3.05, 3.63) is 0 Å². The lowest BCUT2D eigenvalue weighted by Gasteiger charge is -2.21. The third-order valence-corrected chi connectivity index (χ3v) is 2.40. The van der Waals surface area contributed by atoms with Gasteiger partial charge in [0, 0.05) is 6.42 Å². The zero-order valence-electron chi connectivity index (χ0n) is 5.44. The highest BCUT2D eigenvalue weighted by molar-refractivity contribution is 5.74.